The number of hydrogen-bond donors (Lipinski definition) is 2. The molecule has 0 aromatic heterocycles. The summed E-state index contributed by atoms with van der Waals surface area (Å²) in [4.78, 5) is 36.5. The van der Waals surface area contributed by atoms with Crippen LogP contribution in [-0.2, 0) is 4.79 Å². The summed E-state index contributed by atoms with van der Waals surface area (Å²) in [5.74, 6) is -0.226. The molecule has 0 saturated carbocycles. The molecule has 1 saturated heterocycles. The van der Waals surface area contributed by atoms with E-state index in [2.05, 4.69) is 10.6 Å². The first-order valence-corrected chi connectivity index (χ1v) is 6.45. The molecular weight excluding hydrogens is 258 g/mol. The van der Waals surface area contributed by atoms with E-state index in [1.807, 2.05) is 0 Å². The zero-order valence-electron chi connectivity index (χ0n) is 11.5. The van der Waals surface area contributed by atoms with Crippen molar-refractivity contribution < 1.29 is 14.4 Å². The van der Waals surface area contributed by atoms with Gasteiger partial charge in [-0.2, -0.15) is 0 Å². The Morgan fingerprint density at radius 2 is 2.15 bits per heavy atom. The van der Waals surface area contributed by atoms with Crippen molar-refractivity contribution in [3.8, 4) is 0 Å². The molecule has 1 aliphatic rings. The van der Waals surface area contributed by atoms with Crippen molar-refractivity contribution in [1.29, 1.82) is 0 Å². The van der Waals surface area contributed by atoms with Crippen LogP contribution in [0.5, 0.6) is 0 Å². The summed E-state index contributed by atoms with van der Waals surface area (Å²) < 4.78 is 0. The summed E-state index contributed by atoms with van der Waals surface area (Å²) in [6.07, 6.45) is 0. The largest absolute Gasteiger partial charge is 0.353 e. The molecule has 1 unspecified atom stereocenters. The Morgan fingerprint density at radius 1 is 1.40 bits per heavy atom. The molecule has 6 heteroatoms. The second-order valence-electron chi connectivity index (χ2n) is 4.73. The Labute approximate surface area is 117 Å². The van der Waals surface area contributed by atoms with Crippen molar-refractivity contribution in [1.82, 2.24) is 10.2 Å². The number of carbonyl (C=O) groups is 3. The van der Waals surface area contributed by atoms with E-state index in [-0.39, 0.29) is 17.7 Å². The van der Waals surface area contributed by atoms with E-state index >= 15 is 0 Å². The van der Waals surface area contributed by atoms with E-state index in [0.717, 1.165) is 0 Å². The summed E-state index contributed by atoms with van der Waals surface area (Å²) in [5, 5.41) is 5.41. The number of amides is 3. The van der Waals surface area contributed by atoms with Gasteiger partial charge in [0.05, 0.1) is 0 Å². The summed E-state index contributed by atoms with van der Waals surface area (Å²) >= 11 is 0. The predicted molar refractivity (Wildman–Crippen MR) is 74.6 cm³/mol. The zero-order chi connectivity index (χ0) is 14.7. The quantitative estimate of drug-likeness (QED) is 0.797. The summed E-state index contributed by atoms with van der Waals surface area (Å²) in [5.41, 5.74) is 1.08. The van der Waals surface area contributed by atoms with Gasteiger partial charge in [0.15, 0.2) is 5.78 Å². The number of urea groups is 1. The molecular formula is C14H17N3O3. The topological polar surface area (TPSA) is 78.5 Å². The number of rotatable bonds is 2. The summed E-state index contributed by atoms with van der Waals surface area (Å²) in [7, 11) is 0. The smallest absolute Gasteiger partial charge is 0.322 e. The third-order valence-electron chi connectivity index (χ3n) is 3.28. The first kappa shape index (κ1) is 14.0. The average molecular weight is 275 g/mol. The lowest BCUT2D eigenvalue weighted by molar-refractivity contribution is -0.126. The van der Waals surface area contributed by atoms with E-state index in [4.69, 9.17) is 0 Å². The average Bonchev–Trinajstić information content (AvgIpc) is 2.42. The Hall–Kier alpha value is -2.37. The number of hydrogen-bond acceptors (Lipinski definition) is 3. The number of nitrogens with one attached hydrogen (secondary N) is 2. The molecule has 1 aromatic carbocycles. The number of ketones is 1. The van der Waals surface area contributed by atoms with Crippen LogP contribution in [0.25, 0.3) is 0 Å². The van der Waals surface area contributed by atoms with Crippen LogP contribution >= 0.6 is 0 Å². The molecule has 0 spiro atoms. The van der Waals surface area contributed by atoms with Gasteiger partial charge in [-0.1, -0.05) is 12.1 Å². The fraction of sp³-hybridized carbons (Fsp3) is 0.357. The molecule has 2 rings (SSSR count). The minimum Gasteiger partial charge on any atom is -0.353 e. The van der Waals surface area contributed by atoms with Gasteiger partial charge in [-0.25, -0.2) is 4.79 Å². The molecule has 0 bridgehead atoms. The lowest BCUT2D eigenvalue weighted by Crippen LogP contribution is -2.56. The molecule has 20 heavy (non-hydrogen) atoms. The normalized spacial score (nSPS) is 18.4. The highest BCUT2D eigenvalue weighted by Crippen LogP contribution is 2.13. The first-order valence-electron chi connectivity index (χ1n) is 6.45. The van der Waals surface area contributed by atoms with E-state index in [1.54, 1.807) is 31.2 Å². The second-order valence-corrected chi connectivity index (χ2v) is 4.73. The highest BCUT2D eigenvalue weighted by Gasteiger charge is 2.29. The van der Waals surface area contributed by atoms with Crippen LogP contribution in [0, 0.1) is 0 Å². The van der Waals surface area contributed by atoms with Crippen molar-refractivity contribution in [2.45, 2.75) is 19.9 Å². The van der Waals surface area contributed by atoms with E-state index in [0.29, 0.717) is 24.3 Å². The summed E-state index contributed by atoms with van der Waals surface area (Å²) in [6.45, 7) is 4.06. The van der Waals surface area contributed by atoms with Gasteiger partial charge in [-0.15, -0.1) is 0 Å². The van der Waals surface area contributed by atoms with Crippen molar-refractivity contribution in [2.75, 3.05) is 18.4 Å². The van der Waals surface area contributed by atoms with Crippen LogP contribution in [0.15, 0.2) is 24.3 Å². The van der Waals surface area contributed by atoms with Crippen LogP contribution in [0.3, 0.4) is 0 Å². The zero-order valence-corrected chi connectivity index (χ0v) is 11.5. The molecule has 1 fully saturated rings. The number of nitrogens with zero attached hydrogens (tertiary/aromatic N) is 1. The van der Waals surface area contributed by atoms with E-state index in [1.165, 1.54) is 11.8 Å². The maximum absolute atomic E-state index is 12.2. The maximum atomic E-state index is 12.2. The van der Waals surface area contributed by atoms with Crippen molar-refractivity contribution in [2.24, 2.45) is 0 Å². The highest BCUT2D eigenvalue weighted by atomic mass is 16.2. The number of benzene rings is 1. The lowest BCUT2D eigenvalue weighted by Gasteiger charge is -2.32. The summed E-state index contributed by atoms with van der Waals surface area (Å²) in [6, 6.07) is 5.88. The highest BCUT2D eigenvalue weighted by molar-refractivity contribution is 5.97. The number of Topliss-reactive ketones (excluding diaryl/α,β-unsaturated/α-hetero) is 1. The minimum atomic E-state index is -0.500. The van der Waals surface area contributed by atoms with Gasteiger partial charge in [0.25, 0.3) is 0 Å². The van der Waals surface area contributed by atoms with Gasteiger partial charge in [0, 0.05) is 24.3 Å². The maximum Gasteiger partial charge on any atom is 0.322 e. The van der Waals surface area contributed by atoms with Gasteiger partial charge >= 0.3 is 6.03 Å². The van der Waals surface area contributed by atoms with Crippen molar-refractivity contribution in [3.63, 3.8) is 0 Å². The number of anilines is 1. The molecule has 0 radical (unpaired) electrons. The molecule has 1 aromatic rings. The lowest BCUT2D eigenvalue weighted by atomic mass is 10.1. The van der Waals surface area contributed by atoms with Gasteiger partial charge in [-0.05, 0) is 26.0 Å². The van der Waals surface area contributed by atoms with Crippen LogP contribution in [0.2, 0.25) is 0 Å². The molecule has 3 amide bonds. The first-order chi connectivity index (χ1) is 9.49. The number of piperazine rings is 1. The third kappa shape index (κ3) is 2.96. The standard InChI is InChI=1S/C14H17N3O3/c1-9-13(19)15-6-7-17(9)14(20)16-12-5-3-4-11(8-12)10(2)18/h3-5,8-9H,6-7H2,1-2H3,(H,15,19)(H,16,20). The Kier molecular flexibility index (Phi) is 4.02. The molecule has 106 valence electrons. The molecule has 2 N–H and O–H groups in total. The Morgan fingerprint density at radius 3 is 2.85 bits per heavy atom. The minimum absolute atomic E-state index is 0.0631. The van der Waals surface area contributed by atoms with Gasteiger partial charge in [-0.3, -0.25) is 9.59 Å². The van der Waals surface area contributed by atoms with E-state index < -0.39 is 6.04 Å². The number of carbonyl (C=O) groups excluding carboxylic acids is 3. The van der Waals surface area contributed by atoms with Gasteiger partial charge < -0.3 is 15.5 Å². The van der Waals surface area contributed by atoms with Crippen LogP contribution in [0.1, 0.15) is 24.2 Å². The molecule has 1 aliphatic heterocycles. The Balaban J connectivity index is 2.09. The van der Waals surface area contributed by atoms with Crippen LogP contribution in [-0.4, -0.2) is 41.8 Å². The second kappa shape index (κ2) is 5.73. The fourth-order valence-corrected chi connectivity index (χ4v) is 2.07. The molecule has 1 atom stereocenters. The fourth-order valence-electron chi connectivity index (χ4n) is 2.07. The molecule has 6 nitrogen and oxygen atoms in total. The van der Waals surface area contributed by atoms with Crippen molar-refractivity contribution in [3.05, 3.63) is 29.8 Å². The van der Waals surface area contributed by atoms with Gasteiger partial charge in [0.1, 0.15) is 6.04 Å². The Bertz CT molecular complexity index is 556. The van der Waals surface area contributed by atoms with Gasteiger partial charge in [0.2, 0.25) is 5.91 Å². The molecule has 0 aliphatic carbocycles. The van der Waals surface area contributed by atoms with E-state index in [9.17, 15) is 14.4 Å². The molecule has 1 heterocycles. The monoisotopic (exact) mass is 275 g/mol. The third-order valence-corrected chi connectivity index (χ3v) is 3.28. The SMILES string of the molecule is CC(=O)c1cccc(NC(=O)N2CCNC(=O)C2C)c1. The predicted octanol–water partition coefficient (Wildman–Crippen LogP) is 1.24. The van der Waals surface area contributed by atoms with Crippen LogP contribution in [0.4, 0.5) is 10.5 Å². The van der Waals surface area contributed by atoms with Crippen LogP contribution < -0.4 is 10.6 Å². The van der Waals surface area contributed by atoms with Crippen molar-refractivity contribution >= 4 is 23.4 Å².